The Morgan fingerprint density at radius 1 is 0.938 bits per heavy atom. The van der Waals surface area contributed by atoms with Crippen molar-refractivity contribution in [3.63, 3.8) is 0 Å². The SMILES string of the molecule is COc1ccc(-c2nn3c(Nc4ccc(NC(C)=O)cc4)cc(C)nc3c2C)cc1OC. The van der Waals surface area contributed by atoms with Gasteiger partial charge >= 0.3 is 0 Å². The van der Waals surface area contributed by atoms with Crippen molar-refractivity contribution in [3.8, 4) is 22.8 Å². The van der Waals surface area contributed by atoms with Crippen molar-refractivity contribution < 1.29 is 14.3 Å². The normalized spacial score (nSPS) is 10.8. The number of carbonyl (C=O) groups excluding carboxylic acids is 1. The van der Waals surface area contributed by atoms with E-state index >= 15 is 0 Å². The third kappa shape index (κ3) is 4.07. The highest BCUT2D eigenvalue weighted by Gasteiger charge is 2.17. The number of carbonyl (C=O) groups is 1. The largest absolute Gasteiger partial charge is 0.493 e. The molecule has 2 heterocycles. The Kier molecular flexibility index (Phi) is 5.68. The number of rotatable bonds is 6. The number of nitrogens with zero attached hydrogens (tertiary/aromatic N) is 3. The summed E-state index contributed by atoms with van der Waals surface area (Å²) >= 11 is 0. The van der Waals surface area contributed by atoms with Crippen LogP contribution in [0.4, 0.5) is 17.2 Å². The number of methoxy groups -OCH3 is 2. The van der Waals surface area contributed by atoms with Crippen LogP contribution in [0.1, 0.15) is 18.2 Å². The maximum atomic E-state index is 11.2. The highest BCUT2D eigenvalue weighted by atomic mass is 16.5. The molecular formula is C24H25N5O3. The lowest BCUT2D eigenvalue weighted by Gasteiger charge is -2.10. The maximum Gasteiger partial charge on any atom is 0.221 e. The molecule has 2 aromatic carbocycles. The topological polar surface area (TPSA) is 89.8 Å². The summed E-state index contributed by atoms with van der Waals surface area (Å²) < 4.78 is 12.6. The van der Waals surface area contributed by atoms with Gasteiger partial charge in [0.05, 0.1) is 19.9 Å². The van der Waals surface area contributed by atoms with Crippen LogP contribution in [0.25, 0.3) is 16.9 Å². The molecular weight excluding hydrogens is 406 g/mol. The van der Waals surface area contributed by atoms with Crippen LogP contribution in [0.2, 0.25) is 0 Å². The third-order valence-corrected chi connectivity index (χ3v) is 5.08. The van der Waals surface area contributed by atoms with E-state index in [4.69, 9.17) is 19.6 Å². The van der Waals surface area contributed by atoms with Crippen molar-refractivity contribution in [3.05, 3.63) is 59.8 Å². The lowest BCUT2D eigenvalue weighted by molar-refractivity contribution is -0.114. The van der Waals surface area contributed by atoms with E-state index in [1.165, 1.54) is 6.92 Å². The van der Waals surface area contributed by atoms with E-state index in [1.54, 1.807) is 18.7 Å². The number of ether oxygens (including phenoxy) is 2. The molecule has 8 heteroatoms. The standard InChI is InChI=1S/C24H25N5O3/c1-14-12-22(27-19-9-7-18(8-10-19)26-16(3)30)29-24(25-14)15(2)23(28-29)17-6-11-20(31-4)21(13-17)32-5/h6-13,27H,1-5H3,(H,26,30). The summed E-state index contributed by atoms with van der Waals surface area (Å²) in [5.74, 6) is 1.99. The van der Waals surface area contributed by atoms with Gasteiger partial charge in [0.15, 0.2) is 17.1 Å². The number of anilines is 3. The molecule has 0 fully saturated rings. The van der Waals surface area contributed by atoms with Crippen molar-refractivity contribution in [2.45, 2.75) is 20.8 Å². The zero-order valence-corrected chi connectivity index (χ0v) is 18.7. The zero-order valence-electron chi connectivity index (χ0n) is 18.7. The zero-order chi connectivity index (χ0) is 22.8. The third-order valence-electron chi connectivity index (χ3n) is 5.08. The van der Waals surface area contributed by atoms with Crippen LogP contribution in [-0.4, -0.2) is 34.7 Å². The first kappa shape index (κ1) is 21.2. The molecule has 0 aliphatic rings. The molecule has 0 spiro atoms. The molecule has 0 atom stereocenters. The van der Waals surface area contributed by atoms with E-state index in [1.807, 2.05) is 62.4 Å². The second-order valence-electron chi connectivity index (χ2n) is 7.45. The Morgan fingerprint density at radius 2 is 1.62 bits per heavy atom. The van der Waals surface area contributed by atoms with Gasteiger partial charge in [-0.05, 0) is 56.3 Å². The van der Waals surface area contributed by atoms with Crippen LogP contribution >= 0.6 is 0 Å². The van der Waals surface area contributed by atoms with Gasteiger partial charge in [-0.25, -0.2) is 4.98 Å². The summed E-state index contributed by atoms with van der Waals surface area (Å²) in [4.78, 5) is 15.9. The maximum absolute atomic E-state index is 11.2. The van der Waals surface area contributed by atoms with Gasteiger partial charge in [0.2, 0.25) is 5.91 Å². The van der Waals surface area contributed by atoms with Gasteiger partial charge < -0.3 is 20.1 Å². The van der Waals surface area contributed by atoms with Crippen LogP contribution in [-0.2, 0) is 4.79 Å². The van der Waals surface area contributed by atoms with Crippen molar-refractivity contribution in [1.29, 1.82) is 0 Å². The fraction of sp³-hybridized carbons (Fsp3) is 0.208. The molecule has 32 heavy (non-hydrogen) atoms. The van der Waals surface area contributed by atoms with E-state index in [-0.39, 0.29) is 5.91 Å². The molecule has 0 saturated heterocycles. The number of amides is 1. The summed E-state index contributed by atoms with van der Waals surface area (Å²) in [6.07, 6.45) is 0. The van der Waals surface area contributed by atoms with Crippen molar-refractivity contribution in [1.82, 2.24) is 14.6 Å². The predicted molar refractivity (Wildman–Crippen MR) is 125 cm³/mol. The van der Waals surface area contributed by atoms with Gasteiger partial charge in [-0.15, -0.1) is 0 Å². The van der Waals surface area contributed by atoms with Gasteiger partial charge in [-0.3, -0.25) is 4.79 Å². The van der Waals surface area contributed by atoms with Gasteiger partial charge in [-0.1, -0.05) is 0 Å². The fourth-order valence-electron chi connectivity index (χ4n) is 3.58. The van der Waals surface area contributed by atoms with E-state index < -0.39 is 0 Å². The van der Waals surface area contributed by atoms with Crippen LogP contribution < -0.4 is 20.1 Å². The first-order valence-electron chi connectivity index (χ1n) is 10.1. The second-order valence-corrected chi connectivity index (χ2v) is 7.45. The summed E-state index contributed by atoms with van der Waals surface area (Å²) in [6.45, 7) is 5.44. The van der Waals surface area contributed by atoms with Crippen molar-refractivity contribution in [2.75, 3.05) is 24.9 Å². The lowest BCUT2D eigenvalue weighted by Crippen LogP contribution is -2.06. The molecule has 1 amide bonds. The molecule has 0 aliphatic heterocycles. The number of fused-ring (bicyclic) bond motifs is 1. The van der Waals surface area contributed by atoms with Crippen LogP contribution in [0.15, 0.2) is 48.5 Å². The van der Waals surface area contributed by atoms with Gasteiger partial charge in [0, 0.05) is 41.2 Å². The Hall–Kier alpha value is -4.07. The molecule has 0 bridgehead atoms. The molecule has 0 unspecified atom stereocenters. The second kappa shape index (κ2) is 8.58. The minimum absolute atomic E-state index is 0.105. The highest BCUT2D eigenvalue weighted by molar-refractivity contribution is 5.88. The Bertz CT molecular complexity index is 1300. The minimum atomic E-state index is -0.105. The summed E-state index contributed by atoms with van der Waals surface area (Å²) in [7, 11) is 3.23. The number of aromatic nitrogens is 3. The first-order chi connectivity index (χ1) is 15.4. The van der Waals surface area contributed by atoms with E-state index in [2.05, 4.69) is 10.6 Å². The average molecular weight is 431 g/mol. The number of hydrogen-bond acceptors (Lipinski definition) is 6. The van der Waals surface area contributed by atoms with Gasteiger partial charge in [-0.2, -0.15) is 9.61 Å². The van der Waals surface area contributed by atoms with Gasteiger partial charge in [0.25, 0.3) is 0 Å². The number of aryl methyl sites for hydroxylation is 2. The average Bonchev–Trinajstić information content (AvgIpc) is 3.10. The van der Waals surface area contributed by atoms with E-state index in [9.17, 15) is 4.79 Å². The monoisotopic (exact) mass is 431 g/mol. The summed E-state index contributed by atoms with van der Waals surface area (Å²) in [6, 6.07) is 15.2. The molecule has 2 N–H and O–H groups in total. The van der Waals surface area contributed by atoms with E-state index in [0.29, 0.717) is 11.5 Å². The molecule has 8 nitrogen and oxygen atoms in total. The molecule has 4 aromatic rings. The van der Waals surface area contributed by atoms with Crippen molar-refractivity contribution >= 4 is 28.7 Å². The number of benzene rings is 2. The van der Waals surface area contributed by atoms with Crippen LogP contribution in [0.5, 0.6) is 11.5 Å². The summed E-state index contributed by atoms with van der Waals surface area (Å²) in [5, 5.41) is 11.0. The van der Waals surface area contributed by atoms with Crippen molar-refractivity contribution in [2.24, 2.45) is 0 Å². The summed E-state index contributed by atoms with van der Waals surface area (Å²) in [5.41, 5.74) is 5.94. The van der Waals surface area contributed by atoms with E-state index in [0.717, 1.165) is 45.4 Å². The molecule has 0 saturated carbocycles. The smallest absolute Gasteiger partial charge is 0.221 e. The molecule has 164 valence electrons. The Labute approximate surface area is 186 Å². The lowest BCUT2D eigenvalue weighted by atomic mass is 10.1. The fourth-order valence-corrected chi connectivity index (χ4v) is 3.58. The Balaban J connectivity index is 1.75. The van der Waals surface area contributed by atoms with Crippen LogP contribution in [0, 0.1) is 13.8 Å². The molecule has 0 aliphatic carbocycles. The van der Waals surface area contributed by atoms with Crippen LogP contribution in [0.3, 0.4) is 0 Å². The number of hydrogen-bond donors (Lipinski definition) is 2. The number of nitrogens with one attached hydrogen (secondary N) is 2. The Morgan fingerprint density at radius 3 is 2.28 bits per heavy atom. The molecule has 4 rings (SSSR count). The first-order valence-corrected chi connectivity index (χ1v) is 10.1. The van der Waals surface area contributed by atoms with Gasteiger partial charge in [0.1, 0.15) is 5.82 Å². The minimum Gasteiger partial charge on any atom is -0.493 e. The molecule has 0 radical (unpaired) electrons. The molecule has 2 aromatic heterocycles. The quantitative estimate of drug-likeness (QED) is 0.459. The highest BCUT2D eigenvalue weighted by Crippen LogP contribution is 2.34. The predicted octanol–water partition coefficient (Wildman–Crippen LogP) is 4.73.